The third-order valence-electron chi connectivity index (χ3n) is 3.87. The van der Waals surface area contributed by atoms with E-state index in [1.54, 1.807) is 6.20 Å². The standard InChI is InChI=1S/C16H16BrN3O/c1-10-3-4-12(19-11(10)2)6-8-20-9-14-15(16(20)21)13(17)5-7-18-14/h3-5,7H,6,8-9H2,1-2H3. The van der Waals surface area contributed by atoms with Gasteiger partial charge in [-0.1, -0.05) is 6.07 Å². The third-order valence-corrected chi connectivity index (χ3v) is 4.53. The Morgan fingerprint density at radius 3 is 2.81 bits per heavy atom. The Morgan fingerprint density at radius 1 is 1.29 bits per heavy atom. The maximum atomic E-state index is 12.4. The lowest BCUT2D eigenvalue weighted by molar-refractivity contribution is 0.0779. The molecule has 2 aromatic rings. The smallest absolute Gasteiger partial charge is 0.257 e. The van der Waals surface area contributed by atoms with Gasteiger partial charge in [-0.3, -0.25) is 14.8 Å². The van der Waals surface area contributed by atoms with Gasteiger partial charge in [0.2, 0.25) is 0 Å². The first-order valence-corrected chi connectivity index (χ1v) is 7.71. The van der Waals surface area contributed by atoms with Crippen molar-refractivity contribution in [1.82, 2.24) is 14.9 Å². The lowest BCUT2D eigenvalue weighted by Gasteiger charge is -2.15. The summed E-state index contributed by atoms with van der Waals surface area (Å²) >= 11 is 3.43. The zero-order valence-corrected chi connectivity index (χ0v) is 13.6. The first-order chi connectivity index (χ1) is 10.1. The summed E-state index contributed by atoms with van der Waals surface area (Å²) in [5, 5.41) is 0. The van der Waals surface area contributed by atoms with Crippen LogP contribution in [0.5, 0.6) is 0 Å². The normalized spacial score (nSPS) is 13.7. The second-order valence-corrected chi connectivity index (χ2v) is 6.15. The molecule has 0 fully saturated rings. The molecule has 5 heteroatoms. The van der Waals surface area contributed by atoms with Gasteiger partial charge in [0.25, 0.3) is 5.91 Å². The van der Waals surface area contributed by atoms with Crippen LogP contribution in [-0.4, -0.2) is 27.3 Å². The average Bonchev–Trinajstić information content (AvgIpc) is 2.78. The van der Waals surface area contributed by atoms with E-state index >= 15 is 0 Å². The summed E-state index contributed by atoms with van der Waals surface area (Å²) in [6.45, 7) is 5.31. The van der Waals surface area contributed by atoms with Crippen LogP contribution >= 0.6 is 15.9 Å². The first-order valence-electron chi connectivity index (χ1n) is 6.92. The number of amides is 1. The number of halogens is 1. The van der Waals surface area contributed by atoms with E-state index in [2.05, 4.69) is 38.9 Å². The fraction of sp³-hybridized carbons (Fsp3) is 0.312. The molecule has 0 aliphatic carbocycles. The van der Waals surface area contributed by atoms with Crippen molar-refractivity contribution >= 4 is 21.8 Å². The van der Waals surface area contributed by atoms with Gasteiger partial charge in [0.05, 0.1) is 17.8 Å². The molecule has 0 aromatic carbocycles. The molecule has 2 aromatic heterocycles. The minimum absolute atomic E-state index is 0.0498. The number of aromatic nitrogens is 2. The van der Waals surface area contributed by atoms with Gasteiger partial charge < -0.3 is 4.90 Å². The molecule has 21 heavy (non-hydrogen) atoms. The molecular weight excluding hydrogens is 330 g/mol. The molecule has 1 aliphatic rings. The Bertz CT molecular complexity index is 715. The summed E-state index contributed by atoms with van der Waals surface area (Å²) in [4.78, 5) is 23.1. The highest BCUT2D eigenvalue weighted by atomic mass is 79.9. The van der Waals surface area contributed by atoms with E-state index in [0.29, 0.717) is 18.7 Å². The topological polar surface area (TPSA) is 46.1 Å². The molecule has 1 aliphatic heterocycles. The number of rotatable bonds is 3. The summed E-state index contributed by atoms with van der Waals surface area (Å²) in [7, 11) is 0. The second kappa shape index (κ2) is 5.56. The summed E-state index contributed by atoms with van der Waals surface area (Å²) in [5.41, 5.74) is 4.81. The van der Waals surface area contributed by atoms with Crippen LogP contribution in [0.4, 0.5) is 0 Å². The van der Waals surface area contributed by atoms with E-state index in [1.807, 2.05) is 24.0 Å². The fourth-order valence-corrected chi connectivity index (χ4v) is 3.00. The van der Waals surface area contributed by atoms with Crippen molar-refractivity contribution in [3.05, 3.63) is 57.1 Å². The highest BCUT2D eigenvalue weighted by Crippen LogP contribution is 2.27. The van der Waals surface area contributed by atoms with E-state index in [4.69, 9.17) is 0 Å². The molecule has 108 valence electrons. The Kier molecular flexibility index (Phi) is 3.76. The molecular formula is C16H16BrN3O. The van der Waals surface area contributed by atoms with Crippen LogP contribution in [0.2, 0.25) is 0 Å². The van der Waals surface area contributed by atoms with Gasteiger partial charge in [-0.25, -0.2) is 0 Å². The molecule has 0 saturated carbocycles. The molecule has 1 amide bonds. The lowest BCUT2D eigenvalue weighted by Crippen LogP contribution is -2.26. The predicted molar refractivity (Wildman–Crippen MR) is 84.1 cm³/mol. The third kappa shape index (κ3) is 2.70. The largest absolute Gasteiger partial charge is 0.332 e. The highest BCUT2D eigenvalue weighted by molar-refractivity contribution is 9.10. The van der Waals surface area contributed by atoms with Gasteiger partial charge in [-0.05, 0) is 47.5 Å². The minimum atomic E-state index is 0.0498. The molecule has 0 unspecified atom stereocenters. The van der Waals surface area contributed by atoms with E-state index in [1.165, 1.54) is 5.56 Å². The monoisotopic (exact) mass is 345 g/mol. The van der Waals surface area contributed by atoms with Crippen molar-refractivity contribution in [2.24, 2.45) is 0 Å². The second-order valence-electron chi connectivity index (χ2n) is 5.30. The molecule has 0 radical (unpaired) electrons. The molecule has 0 bridgehead atoms. The van der Waals surface area contributed by atoms with Gasteiger partial charge in [-0.15, -0.1) is 0 Å². The van der Waals surface area contributed by atoms with Crippen LogP contribution in [0.3, 0.4) is 0 Å². The summed E-state index contributed by atoms with van der Waals surface area (Å²) in [5.74, 6) is 0.0498. The Morgan fingerprint density at radius 2 is 2.10 bits per heavy atom. The first kappa shape index (κ1) is 14.2. The van der Waals surface area contributed by atoms with Crippen molar-refractivity contribution in [3.8, 4) is 0 Å². The van der Waals surface area contributed by atoms with Crippen molar-refractivity contribution < 1.29 is 4.79 Å². The molecule has 0 saturated heterocycles. The van der Waals surface area contributed by atoms with Crippen LogP contribution in [0.25, 0.3) is 0 Å². The number of carbonyl (C=O) groups excluding carboxylic acids is 1. The number of carbonyl (C=O) groups is 1. The van der Waals surface area contributed by atoms with E-state index in [0.717, 1.165) is 28.0 Å². The van der Waals surface area contributed by atoms with E-state index in [-0.39, 0.29) is 5.91 Å². The van der Waals surface area contributed by atoms with Gasteiger partial charge in [0.15, 0.2) is 0 Å². The van der Waals surface area contributed by atoms with Crippen LogP contribution in [0.15, 0.2) is 28.9 Å². The number of hydrogen-bond acceptors (Lipinski definition) is 3. The molecule has 3 heterocycles. The zero-order chi connectivity index (χ0) is 15.0. The number of fused-ring (bicyclic) bond motifs is 1. The maximum absolute atomic E-state index is 12.4. The van der Waals surface area contributed by atoms with Crippen molar-refractivity contribution in [2.45, 2.75) is 26.8 Å². The minimum Gasteiger partial charge on any atom is -0.332 e. The van der Waals surface area contributed by atoms with Crippen LogP contribution in [-0.2, 0) is 13.0 Å². The van der Waals surface area contributed by atoms with Gasteiger partial charge >= 0.3 is 0 Å². The predicted octanol–water partition coefficient (Wildman–Crippen LogP) is 3.05. The van der Waals surface area contributed by atoms with Crippen LogP contribution < -0.4 is 0 Å². The fourth-order valence-electron chi connectivity index (χ4n) is 2.49. The molecule has 4 nitrogen and oxygen atoms in total. The maximum Gasteiger partial charge on any atom is 0.257 e. The van der Waals surface area contributed by atoms with Gasteiger partial charge in [-0.2, -0.15) is 0 Å². The zero-order valence-electron chi connectivity index (χ0n) is 12.1. The van der Waals surface area contributed by atoms with Crippen molar-refractivity contribution in [1.29, 1.82) is 0 Å². The SMILES string of the molecule is Cc1ccc(CCN2Cc3nccc(Br)c3C2=O)nc1C. The summed E-state index contributed by atoms with van der Waals surface area (Å²) in [6, 6.07) is 5.92. The van der Waals surface area contributed by atoms with Gasteiger partial charge in [0, 0.05) is 35.0 Å². The number of nitrogens with zero attached hydrogens (tertiary/aromatic N) is 3. The Hall–Kier alpha value is -1.75. The Labute approximate surface area is 132 Å². The number of hydrogen-bond donors (Lipinski definition) is 0. The summed E-state index contributed by atoms with van der Waals surface area (Å²) < 4.78 is 0.823. The number of aryl methyl sites for hydroxylation is 2. The molecule has 0 N–H and O–H groups in total. The molecule has 0 atom stereocenters. The highest BCUT2D eigenvalue weighted by Gasteiger charge is 2.30. The quantitative estimate of drug-likeness (QED) is 0.858. The summed E-state index contributed by atoms with van der Waals surface area (Å²) in [6.07, 6.45) is 2.49. The van der Waals surface area contributed by atoms with Crippen LogP contribution in [0.1, 0.15) is 33.0 Å². The average molecular weight is 346 g/mol. The van der Waals surface area contributed by atoms with Gasteiger partial charge in [0.1, 0.15) is 0 Å². The van der Waals surface area contributed by atoms with E-state index in [9.17, 15) is 4.79 Å². The molecule has 0 spiro atoms. The van der Waals surface area contributed by atoms with E-state index < -0.39 is 0 Å². The van der Waals surface area contributed by atoms with Crippen molar-refractivity contribution in [2.75, 3.05) is 6.54 Å². The lowest BCUT2D eigenvalue weighted by atomic mass is 10.2. The van der Waals surface area contributed by atoms with Crippen molar-refractivity contribution in [3.63, 3.8) is 0 Å². The molecule has 3 rings (SSSR count). The Balaban J connectivity index is 1.72. The van der Waals surface area contributed by atoms with Crippen LogP contribution in [0, 0.1) is 13.8 Å². The number of pyridine rings is 2.